The van der Waals surface area contributed by atoms with Crippen molar-refractivity contribution in [3.63, 3.8) is 0 Å². The quantitative estimate of drug-likeness (QED) is 0.722. The van der Waals surface area contributed by atoms with Gasteiger partial charge in [-0.1, -0.05) is 12.1 Å². The highest BCUT2D eigenvalue weighted by Gasteiger charge is 2.17. The number of hydrogen-bond acceptors (Lipinski definition) is 3. The van der Waals surface area contributed by atoms with Crippen molar-refractivity contribution in [3.8, 4) is 5.69 Å². The first kappa shape index (κ1) is 10.6. The van der Waals surface area contributed by atoms with Gasteiger partial charge in [-0.05, 0) is 48.6 Å². The van der Waals surface area contributed by atoms with Gasteiger partial charge in [-0.15, -0.1) is 0 Å². The molecule has 4 heteroatoms. The predicted octanol–water partition coefficient (Wildman–Crippen LogP) is 2.49. The number of benzene rings is 1. The van der Waals surface area contributed by atoms with Gasteiger partial charge in [0.05, 0.1) is 11.9 Å². The van der Waals surface area contributed by atoms with Crippen LogP contribution in [0.2, 0.25) is 0 Å². The van der Waals surface area contributed by atoms with Crippen molar-refractivity contribution in [2.45, 2.75) is 19.3 Å². The zero-order valence-corrected chi connectivity index (χ0v) is 10.5. The topological polar surface area (TPSA) is 56.7 Å². The number of nitrogens with zero attached hydrogens (tertiary/aromatic N) is 3. The molecule has 1 aromatic carbocycles. The molecule has 2 heterocycles. The molecular formula is C15H14N4. The van der Waals surface area contributed by atoms with E-state index in [0.29, 0.717) is 5.82 Å². The minimum Gasteiger partial charge on any atom is -0.384 e. The predicted molar refractivity (Wildman–Crippen MR) is 75.3 cm³/mol. The van der Waals surface area contributed by atoms with E-state index in [9.17, 15) is 0 Å². The lowest BCUT2D eigenvalue weighted by molar-refractivity contribution is 0.868. The molecule has 1 aliphatic rings. The third kappa shape index (κ3) is 1.53. The molecule has 3 aromatic rings. The van der Waals surface area contributed by atoms with E-state index in [1.165, 1.54) is 17.5 Å². The second-order valence-electron chi connectivity index (χ2n) is 4.97. The fraction of sp³-hybridized carbons (Fsp3) is 0.200. The standard InChI is InChI=1S/C15H14N4/c16-14-8-7-11-9-17-19(15(11)18-14)13-6-2-4-10-3-1-5-12(10)13/h2,4,6-9H,1,3,5H2,(H2,16,18). The van der Waals surface area contributed by atoms with Gasteiger partial charge in [-0.25, -0.2) is 9.67 Å². The third-order valence-electron chi connectivity index (χ3n) is 3.79. The van der Waals surface area contributed by atoms with Gasteiger partial charge in [0.25, 0.3) is 0 Å². The van der Waals surface area contributed by atoms with Crippen LogP contribution in [-0.2, 0) is 12.8 Å². The van der Waals surface area contributed by atoms with E-state index in [4.69, 9.17) is 5.73 Å². The van der Waals surface area contributed by atoms with Crippen molar-refractivity contribution >= 4 is 16.9 Å². The monoisotopic (exact) mass is 250 g/mol. The van der Waals surface area contributed by atoms with Crippen LogP contribution in [0.1, 0.15) is 17.5 Å². The summed E-state index contributed by atoms with van der Waals surface area (Å²) >= 11 is 0. The van der Waals surface area contributed by atoms with E-state index in [0.717, 1.165) is 29.6 Å². The maximum atomic E-state index is 5.79. The Morgan fingerprint density at radius 2 is 2.05 bits per heavy atom. The molecule has 4 rings (SSSR count). The van der Waals surface area contributed by atoms with Gasteiger partial charge in [0, 0.05) is 5.39 Å². The minimum absolute atomic E-state index is 0.529. The molecule has 0 saturated heterocycles. The number of nitrogens with two attached hydrogens (primary N) is 1. The van der Waals surface area contributed by atoms with Crippen LogP contribution in [0.15, 0.2) is 36.5 Å². The van der Waals surface area contributed by atoms with E-state index < -0.39 is 0 Å². The molecule has 0 unspecified atom stereocenters. The van der Waals surface area contributed by atoms with Crippen LogP contribution >= 0.6 is 0 Å². The largest absolute Gasteiger partial charge is 0.384 e. The normalized spacial score (nSPS) is 13.9. The van der Waals surface area contributed by atoms with Crippen molar-refractivity contribution in [3.05, 3.63) is 47.7 Å². The summed E-state index contributed by atoms with van der Waals surface area (Å²) in [5.41, 5.74) is 10.6. The van der Waals surface area contributed by atoms with E-state index >= 15 is 0 Å². The molecular weight excluding hydrogens is 236 g/mol. The fourth-order valence-corrected chi connectivity index (χ4v) is 2.89. The van der Waals surface area contributed by atoms with Gasteiger partial charge in [0.1, 0.15) is 5.82 Å². The molecule has 1 aliphatic carbocycles. The molecule has 0 atom stereocenters. The second-order valence-corrected chi connectivity index (χ2v) is 4.97. The molecule has 0 spiro atoms. The lowest BCUT2D eigenvalue weighted by atomic mass is 10.1. The Labute approximate surface area is 110 Å². The zero-order chi connectivity index (χ0) is 12.8. The van der Waals surface area contributed by atoms with Gasteiger partial charge < -0.3 is 5.73 Å². The van der Waals surface area contributed by atoms with Crippen LogP contribution in [0.25, 0.3) is 16.7 Å². The Morgan fingerprint density at radius 1 is 1.11 bits per heavy atom. The summed E-state index contributed by atoms with van der Waals surface area (Å²) in [7, 11) is 0. The van der Waals surface area contributed by atoms with Gasteiger partial charge in [-0.3, -0.25) is 0 Å². The summed E-state index contributed by atoms with van der Waals surface area (Å²) in [4.78, 5) is 4.42. The van der Waals surface area contributed by atoms with Gasteiger partial charge in [-0.2, -0.15) is 5.10 Å². The first-order chi connectivity index (χ1) is 9.33. The summed E-state index contributed by atoms with van der Waals surface area (Å²) in [5, 5.41) is 5.50. The van der Waals surface area contributed by atoms with Crippen LogP contribution in [0, 0.1) is 0 Å². The van der Waals surface area contributed by atoms with E-state index in [2.05, 4.69) is 28.3 Å². The van der Waals surface area contributed by atoms with Gasteiger partial charge in [0.2, 0.25) is 0 Å². The summed E-state index contributed by atoms with van der Waals surface area (Å²) in [6.07, 6.45) is 5.35. The average molecular weight is 250 g/mol. The number of anilines is 1. The van der Waals surface area contributed by atoms with Crippen molar-refractivity contribution in [2.75, 3.05) is 5.73 Å². The molecule has 0 amide bonds. The minimum atomic E-state index is 0.529. The third-order valence-corrected chi connectivity index (χ3v) is 3.79. The van der Waals surface area contributed by atoms with E-state index in [1.54, 1.807) is 0 Å². The number of rotatable bonds is 1. The Hall–Kier alpha value is -2.36. The summed E-state index contributed by atoms with van der Waals surface area (Å²) < 4.78 is 1.91. The number of hydrogen-bond donors (Lipinski definition) is 1. The van der Waals surface area contributed by atoms with Crippen LogP contribution in [0.3, 0.4) is 0 Å². The van der Waals surface area contributed by atoms with Crippen LogP contribution in [-0.4, -0.2) is 14.8 Å². The SMILES string of the molecule is Nc1ccc2cnn(-c3cccc4c3CCC4)c2n1. The molecule has 2 N–H and O–H groups in total. The molecule has 19 heavy (non-hydrogen) atoms. The first-order valence-corrected chi connectivity index (χ1v) is 6.54. The molecule has 0 fully saturated rings. The number of aromatic nitrogens is 3. The maximum absolute atomic E-state index is 5.79. The molecule has 4 nitrogen and oxygen atoms in total. The average Bonchev–Trinajstić information content (AvgIpc) is 3.03. The van der Waals surface area contributed by atoms with Crippen molar-refractivity contribution in [2.24, 2.45) is 0 Å². The lowest BCUT2D eigenvalue weighted by Gasteiger charge is -2.09. The summed E-state index contributed by atoms with van der Waals surface area (Å²) in [6, 6.07) is 10.2. The van der Waals surface area contributed by atoms with Gasteiger partial charge in [0.15, 0.2) is 5.65 Å². The van der Waals surface area contributed by atoms with Crippen molar-refractivity contribution < 1.29 is 0 Å². The maximum Gasteiger partial charge on any atom is 0.165 e. The summed E-state index contributed by atoms with van der Waals surface area (Å²) in [6.45, 7) is 0. The molecule has 94 valence electrons. The molecule has 0 bridgehead atoms. The van der Waals surface area contributed by atoms with Crippen LogP contribution in [0.4, 0.5) is 5.82 Å². The smallest absolute Gasteiger partial charge is 0.165 e. The highest BCUT2D eigenvalue weighted by Crippen LogP contribution is 2.29. The first-order valence-electron chi connectivity index (χ1n) is 6.54. The Morgan fingerprint density at radius 3 is 3.00 bits per heavy atom. The van der Waals surface area contributed by atoms with Crippen molar-refractivity contribution in [1.82, 2.24) is 14.8 Å². The Kier molecular flexibility index (Phi) is 2.12. The van der Waals surface area contributed by atoms with E-state index in [-0.39, 0.29) is 0 Å². The zero-order valence-electron chi connectivity index (χ0n) is 10.5. The molecule has 0 aliphatic heterocycles. The van der Waals surface area contributed by atoms with Crippen LogP contribution in [0.5, 0.6) is 0 Å². The number of pyridine rings is 1. The van der Waals surface area contributed by atoms with Crippen molar-refractivity contribution in [1.29, 1.82) is 0 Å². The lowest BCUT2D eigenvalue weighted by Crippen LogP contribution is -2.02. The molecule has 0 saturated carbocycles. The van der Waals surface area contributed by atoms with Crippen LogP contribution < -0.4 is 5.73 Å². The molecule has 0 radical (unpaired) electrons. The number of nitrogen functional groups attached to an aromatic ring is 1. The van der Waals surface area contributed by atoms with Gasteiger partial charge >= 0.3 is 0 Å². The second kappa shape index (κ2) is 3.82. The Bertz CT molecular complexity index is 773. The van der Waals surface area contributed by atoms with E-state index in [1.807, 2.05) is 23.0 Å². The highest BCUT2D eigenvalue weighted by atomic mass is 15.3. The Balaban J connectivity index is 2.01. The fourth-order valence-electron chi connectivity index (χ4n) is 2.89. The molecule has 2 aromatic heterocycles. The highest BCUT2D eigenvalue weighted by molar-refractivity contribution is 5.78. The summed E-state index contributed by atoms with van der Waals surface area (Å²) in [5.74, 6) is 0.529. The number of fused-ring (bicyclic) bond motifs is 2. The number of aryl methyl sites for hydroxylation is 1.